The van der Waals surface area contributed by atoms with E-state index >= 15 is 0 Å². The predicted molar refractivity (Wildman–Crippen MR) is 51.3 cm³/mol. The van der Waals surface area contributed by atoms with Crippen LogP contribution in [-0.4, -0.2) is 27.0 Å². The van der Waals surface area contributed by atoms with Gasteiger partial charge in [0.2, 0.25) is 5.92 Å². The monoisotopic (exact) mass is 230 g/mol. The summed E-state index contributed by atoms with van der Waals surface area (Å²) in [5.74, 6) is -3.80. The van der Waals surface area contributed by atoms with Gasteiger partial charge in [-0.1, -0.05) is 0 Å². The molecule has 16 heavy (non-hydrogen) atoms. The molecule has 0 radical (unpaired) electrons. The number of carbonyl (C=O) groups is 1. The molecule has 88 valence electrons. The van der Waals surface area contributed by atoms with Crippen LogP contribution in [0.1, 0.15) is 31.4 Å². The number of aromatic amines is 1. The Morgan fingerprint density at radius 2 is 2.00 bits per heavy atom. The molecule has 0 atom stereocenters. The maximum atomic E-state index is 13.0. The average Bonchev–Trinajstić information content (AvgIpc) is 2.71. The molecule has 0 saturated heterocycles. The number of aromatic nitrogens is 2. The van der Waals surface area contributed by atoms with E-state index in [1.807, 2.05) is 0 Å². The van der Waals surface area contributed by atoms with Gasteiger partial charge in [0.15, 0.2) is 0 Å². The highest BCUT2D eigenvalue weighted by molar-refractivity contribution is 5.80. The van der Waals surface area contributed by atoms with Crippen LogP contribution in [0.25, 0.3) is 0 Å². The molecule has 1 aliphatic rings. The van der Waals surface area contributed by atoms with E-state index in [1.165, 1.54) is 12.5 Å². The van der Waals surface area contributed by atoms with Crippen molar-refractivity contribution in [2.75, 3.05) is 0 Å². The normalized spacial score (nSPS) is 22.9. The molecule has 2 N–H and O–H groups in total. The van der Waals surface area contributed by atoms with Gasteiger partial charge in [-0.05, 0) is 12.8 Å². The second kappa shape index (κ2) is 3.54. The summed E-state index contributed by atoms with van der Waals surface area (Å²) in [6.45, 7) is 0. The third-order valence-electron chi connectivity index (χ3n) is 3.26. The van der Waals surface area contributed by atoms with Crippen LogP contribution in [0.2, 0.25) is 0 Å². The maximum Gasteiger partial charge on any atom is 0.315 e. The lowest BCUT2D eigenvalue weighted by Crippen LogP contribution is -2.43. The molecule has 0 unspecified atom stereocenters. The van der Waals surface area contributed by atoms with E-state index in [1.54, 1.807) is 0 Å². The molecule has 1 aromatic heterocycles. The highest BCUT2D eigenvalue weighted by Crippen LogP contribution is 2.44. The summed E-state index contributed by atoms with van der Waals surface area (Å²) in [5, 5.41) is 9.24. The Morgan fingerprint density at radius 1 is 1.38 bits per heavy atom. The Labute approximate surface area is 90.7 Å². The number of rotatable bonds is 2. The fourth-order valence-corrected chi connectivity index (χ4v) is 2.16. The van der Waals surface area contributed by atoms with Crippen LogP contribution in [0.3, 0.4) is 0 Å². The summed E-state index contributed by atoms with van der Waals surface area (Å²) in [7, 11) is 0. The Morgan fingerprint density at radius 3 is 2.44 bits per heavy atom. The smallest absolute Gasteiger partial charge is 0.315 e. The first-order valence-corrected chi connectivity index (χ1v) is 5.06. The average molecular weight is 230 g/mol. The number of carboxylic acid groups (broad SMARTS) is 1. The van der Waals surface area contributed by atoms with Crippen LogP contribution < -0.4 is 0 Å². The van der Waals surface area contributed by atoms with Crippen LogP contribution in [-0.2, 0) is 10.2 Å². The zero-order chi connectivity index (χ0) is 11.8. The number of halogens is 2. The summed E-state index contributed by atoms with van der Waals surface area (Å²) in [6.07, 6.45) is 1.87. The molecule has 0 spiro atoms. The van der Waals surface area contributed by atoms with Crippen molar-refractivity contribution < 1.29 is 18.7 Å². The van der Waals surface area contributed by atoms with Crippen LogP contribution in [0, 0.1) is 0 Å². The Kier molecular flexibility index (Phi) is 2.44. The molecular weight excluding hydrogens is 218 g/mol. The molecule has 1 fully saturated rings. The zero-order valence-corrected chi connectivity index (χ0v) is 8.54. The lowest BCUT2D eigenvalue weighted by Gasteiger charge is -2.35. The van der Waals surface area contributed by atoms with E-state index in [9.17, 15) is 18.7 Å². The van der Waals surface area contributed by atoms with E-state index < -0.39 is 30.1 Å². The number of alkyl halides is 2. The summed E-state index contributed by atoms with van der Waals surface area (Å²) < 4.78 is 26.1. The quantitative estimate of drug-likeness (QED) is 0.815. The van der Waals surface area contributed by atoms with Crippen molar-refractivity contribution in [3.8, 4) is 0 Å². The zero-order valence-electron chi connectivity index (χ0n) is 8.54. The predicted octanol–water partition coefficient (Wildman–Crippen LogP) is 1.94. The number of carboxylic acids is 1. The van der Waals surface area contributed by atoms with Gasteiger partial charge in [0.05, 0.1) is 12.0 Å². The van der Waals surface area contributed by atoms with Crippen LogP contribution in [0.5, 0.6) is 0 Å². The summed E-state index contributed by atoms with van der Waals surface area (Å²) in [5.41, 5.74) is -0.812. The fraction of sp³-hybridized carbons (Fsp3) is 0.600. The third-order valence-corrected chi connectivity index (χ3v) is 3.26. The topological polar surface area (TPSA) is 66.0 Å². The van der Waals surface area contributed by atoms with Crippen molar-refractivity contribution in [3.63, 3.8) is 0 Å². The number of aliphatic carboxylic acids is 1. The van der Waals surface area contributed by atoms with Gasteiger partial charge in [-0.25, -0.2) is 13.8 Å². The minimum Gasteiger partial charge on any atom is -0.481 e. The fourth-order valence-electron chi connectivity index (χ4n) is 2.16. The molecule has 0 aliphatic heterocycles. The first kappa shape index (κ1) is 11.0. The van der Waals surface area contributed by atoms with Crippen LogP contribution in [0.4, 0.5) is 8.78 Å². The minimum absolute atomic E-state index is 0.0580. The van der Waals surface area contributed by atoms with Gasteiger partial charge in [0, 0.05) is 19.0 Å². The molecule has 1 saturated carbocycles. The van der Waals surface area contributed by atoms with Gasteiger partial charge in [-0.3, -0.25) is 4.79 Å². The molecule has 0 aromatic carbocycles. The number of hydrogen-bond donors (Lipinski definition) is 2. The van der Waals surface area contributed by atoms with Crippen LogP contribution >= 0.6 is 0 Å². The van der Waals surface area contributed by atoms with Crippen molar-refractivity contribution >= 4 is 5.97 Å². The van der Waals surface area contributed by atoms with Gasteiger partial charge < -0.3 is 10.1 Å². The second-order valence-electron chi connectivity index (χ2n) is 4.21. The molecule has 4 nitrogen and oxygen atoms in total. The number of nitrogens with zero attached hydrogens (tertiary/aromatic N) is 1. The van der Waals surface area contributed by atoms with E-state index in [4.69, 9.17) is 0 Å². The SMILES string of the molecule is O=C(O)C1(c2cnc[nH]2)CCC(F)(F)CC1. The molecule has 6 heteroatoms. The standard InChI is InChI=1S/C10H12F2N2O2/c11-10(12)3-1-9(2-4-10,8(15)16)7-5-13-6-14-7/h5-6H,1-4H2,(H,13,14)(H,15,16). The van der Waals surface area contributed by atoms with E-state index in [0.717, 1.165) is 0 Å². The highest BCUT2D eigenvalue weighted by Gasteiger charge is 2.49. The molecule has 1 heterocycles. The Hall–Kier alpha value is -1.46. The largest absolute Gasteiger partial charge is 0.481 e. The number of H-pyrrole nitrogens is 1. The number of hydrogen-bond acceptors (Lipinski definition) is 2. The van der Waals surface area contributed by atoms with Gasteiger partial charge in [-0.15, -0.1) is 0 Å². The molecule has 1 aliphatic carbocycles. The number of nitrogens with one attached hydrogen (secondary N) is 1. The molecular formula is C10H12F2N2O2. The Bertz CT molecular complexity index is 380. The van der Waals surface area contributed by atoms with Gasteiger partial charge in [0.1, 0.15) is 5.41 Å². The van der Waals surface area contributed by atoms with Gasteiger partial charge >= 0.3 is 5.97 Å². The first-order chi connectivity index (χ1) is 7.46. The van der Waals surface area contributed by atoms with E-state index in [-0.39, 0.29) is 12.8 Å². The maximum absolute atomic E-state index is 13.0. The minimum atomic E-state index is -2.74. The lowest BCUT2D eigenvalue weighted by molar-refractivity contribution is -0.149. The van der Waals surface area contributed by atoms with Crippen molar-refractivity contribution in [2.45, 2.75) is 37.0 Å². The third kappa shape index (κ3) is 1.68. The first-order valence-electron chi connectivity index (χ1n) is 5.06. The van der Waals surface area contributed by atoms with Gasteiger partial charge in [-0.2, -0.15) is 0 Å². The molecule has 1 aromatic rings. The molecule has 2 rings (SSSR count). The van der Waals surface area contributed by atoms with Crippen LogP contribution in [0.15, 0.2) is 12.5 Å². The second-order valence-corrected chi connectivity index (χ2v) is 4.21. The molecule has 0 amide bonds. The van der Waals surface area contributed by atoms with Gasteiger partial charge in [0.25, 0.3) is 0 Å². The summed E-state index contributed by atoms with van der Waals surface area (Å²) in [4.78, 5) is 17.8. The summed E-state index contributed by atoms with van der Waals surface area (Å²) >= 11 is 0. The summed E-state index contributed by atoms with van der Waals surface area (Å²) in [6, 6.07) is 0. The molecule has 0 bridgehead atoms. The van der Waals surface area contributed by atoms with Crippen molar-refractivity contribution in [1.82, 2.24) is 9.97 Å². The highest BCUT2D eigenvalue weighted by atomic mass is 19.3. The van der Waals surface area contributed by atoms with Crippen molar-refractivity contribution in [2.24, 2.45) is 0 Å². The van der Waals surface area contributed by atoms with E-state index in [2.05, 4.69) is 9.97 Å². The van der Waals surface area contributed by atoms with E-state index in [0.29, 0.717) is 5.69 Å². The lowest BCUT2D eigenvalue weighted by atomic mass is 9.71. The number of imidazole rings is 1. The van der Waals surface area contributed by atoms with Crippen molar-refractivity contribution in [1.29, 1.82) is 0 Å². The Balaban J connectivity index is 2.30. The van der Waals surface area contributed by atoms with Crippen molar-refractivity contribution in [3.05, 3.63) is 18.2 Å².